The zero-order valence-electron chi connectivity index (χ0n) is 26.9. The molecule has 5 heterocycles. The van der Waals surface area contributed by atoms with Gasteiger partial charge in [0.1, 0.15) is 11.5 Å². The molecule has 1 aromatic carbocycles. The summed E-state index contributed by atoms with van der Waals surface area (Å²) in [5, 5.41) is 13.0. The number of hydrogen-bond acceptors (Lipinski definition) is 6. The Bertz CT molecular complexity index is 1900. The minimum absolute atomic E-state index is 0.268. The third-order valence-electron chi connectivity index (χ3n) is 7.53. The number of hydrogen-bond donors (Lipinski definition) is 3. The van der Waals surface area contributed by atoms with Gasteiger partial charge in [0.25, 0.3) is 0 Å². The van der Waals surface area contributed by atoms with Crippen molar-refractivity contribution < 1.29 is 4.39 Å². The van der Waals surface area contributed by atoms with Gasteiger partial charge in [-0.1, -0.05) is 39.5 Å². The van der Waals surface area contributed by atoms with E-state index >= 15 is 0 Å². The summed E-state index contributed by atoms with van der Waals surface area (Å²) < 4.78 is 14.2. The molecule has 232 valence electrons. The van der Waals surface area contributed by atoms with Crippen molar-refractivity contribution in [1.29, 1.82) is 0 Å². The maximum Gasteiger partial charge on any atom is 0.124 e. The number of nitrogens with zero attached hydrogens (tertiary/aromatic N) is 5. The van der Waals surface area contributed by atoms with Crippen molar-refractivity contribution >= 4 is 33.6 Å². The molecule has 0 aliphatic carbocycles. The lowest BCUT2D eigenvalue weighted by Gasteiger charge is -2.13. The van der Waals surface area contributed by atoms with Crippen LogP contribution in [-0.2, 0) is 0 Å². The Balaban J connectivity index is 0.000000609. The maximum absolute atomic E-state index is 14.2. The molecule has 3 N–H and O–H groups in total. The van der Waals surface area contributed by atoms with Crippen molar-refractivity contribution in [3.05, 3.63) is 96.1 Å². The van der Waals surface area contributed by atoms with Crippen molar-refractivity contribution in [3.8, 4) is 22.5 Å². The molecule has 0 bridgehead atoms. The van der Waals surface area contributed by atoms with Gasteiger partial charge in [-0.05, 0) is 81.4 Å². The normalized spacial score (nSPS) is 13.1. The van der Waals surface area contributed by atoms with E-state index in [1.54, 1.807) is 18.6 Å². The van der Waals surface area contributed by atoms with Crippen LogP contribution in [0.2, 0.25) is 0 Å². The van der Waals surface area contributed by atoms with Gasteiger partial charge in [-0.25, -0.2) is 4.39 Å². The number of halogens is 1. The fourth-order valence-corrected chi connectivity index (χ4v) is 5.17. The SMILES string of the molecule is C=C(NC1=CC(c2cc3c(-c4cc5c(-c6cc(C)cc(F)c6)cncc5[nH]4)n[nH]c3cn2)=CCN=C1)C(C)C.CCCN(C)C. The van der Waals surface area contributed by atoms with Crippen molar-refractivity contribution in [2.24, 2.45) is 10.9 Å². The summed E-state index contributed by atoms with van der Waals surface area (Å²) in [4.78, 5) is 19.2. The van der Waals surface area contributed by atoms with Gasteiger partial charge < -0.3 is 15.2 Å². The number of aromatic amines is 2. The Morgan fingerprint density at radius 1 is 1.07 bits per heavy atom. The molecule has 0 fully saturated rings. The number of allylic oxidation sites excluding steroid dienone is 4. The molecule has 4 aromatic heterocycles. The van der Waals surface area contributed by atoms with E-state index in [0.717, 1.165) is 72.5 Å². The first kappa shape index (κ1) is 31.5. The van der Waals surface area contributed by atoms with Crippen molar-refractivity contribution in [2.45, 2.75) is 34.1 Å². The number of fused-ring (bicyclic) bond motifs is 2. The summed E-state index contributed by atoms with van der Waals surface area (Å²) in [6.07, 6.45) is 12.5. The molecular weight excluding hydrogens is 563 g/mol. The highest BCUT2D eigenvalue weighted by Gasteiger charge is 2.16. The number of aromatic nitrogens is 5. The molecule has 1 aliphatic rings. The second kappa shape index (κ2) is 13.8. The van der Waals surface area contributed by atoms with E-state index in [1.165, 1.54) is 25.1 Å². The van der Waals surface area contributed by atoms with Crippen LogP contribution >= 0.6 is 0 Å². The summed E-state index contributed by atoms with van der Waals surface area (Å²) in [7, 11) is 4.17. The summed E-state index contributed by atoms with van der Waals surface area (Å²) in [6.45, 7) is 14.1. The highest BCUT2D eigenvalue weighted by atomic mass is 19.1. The molecule has 0 radical (unpaired) electrons. The quantitative estimate of drug-likeness (QED) is 0.169. The summed E-state index contributed by atoms with van der Waals surface area (Å²) in [6, 6.07) is 9.10. The third kappa shape index (κ3) is 7.44. The minimum Gasteiger partial charge on any atom is -0.358 e. The van der Waals surface area contributed by atoms with Crippen molar-refractivity contribution in [2.75, 3.05) is 27.2 Å². The lowest BCUT2D eigenvalue weighted by Crippen LogP contribution is -2.16. The summed E-state index contributed by atoms with van der Waals surface area (Å²) in [5.74, 6) is 0.0325. The van der Waals surface area contributed by atoms with Crippen molar-refractivity contribution in [1.82, 2.24) is 35.4 Å². The molecule has 5 aromatic rings. The molecule has 8 nitrogen and oxygen atoms in total. The predicted octanol–water partition coefficient (Wildman–Crippen LogP) is 7.68. The molecular formula is C36H41FN8. The zero-order valence-corrected chi connectivity index (χ0v) is 26.9. The van der Waals surface area contributed by atoms with Gasteiger partial charge in [0.15, 0.2) is 0 Å². The summed E-state index contributed by atoms with van der Waals surface area (Å²) in [5.41, 5.74) is 9.36. The smallest absolute Gasteiger partial charge is 0.124 e. The van der Waals surface area contributed by atoms with Crippen LogP contribution in [0.1, 0.15) is 38.4 Å². The number of nitrogens with one attached hydrogen (secondary N) is 3. The van der Waals surface area contributed by atoms with Crippen LogP contribution < -0.4 is 5.32 Å². The summed E-state index contributed by atoms with van der Waals surface area (Å²) >= 11 is 0. The van der Waals surface area contributed by atoms with E-state index in [4.69, 9.17) is 4.98 Å². The Labute approximate surface area is 263 Å². The van der Waals surface area contributed by atoms with Gasteiger partial charge in [0.2, 0.25) is 0 Å². The molecule has 6 rings (SSSR count). The number of aryl methyl sites for hydroxylation is 1. The number of aliphatic imine (C=N–C) groups is 1. The van der Waals surface area contributed by atoms with E-state index in [1.807, 2.05) is 37.4 Å². The molecule has 9 heteroatoms. The van der Waals surface area contributed by atoms with Gasteiger partial charge >= 0.3 is 0 Å². The molecule has 0 amide bonds. The molecule has 0 saturated heterocycles. The van der Waals surface area contributed by atoms with Crippen molar-refractivity contribution in [3.63, 3.8) is 0 Å². The second-order valence-corrected chi connectivity index (χ2v) is 11.9. The van der Waals surface area contributed by atoms with Gasteiger partial charge in [-0.15, -0.1) is 0 Å². The Kier molecular flexibility index (Phi) is 9.68. The highest BCUT2D eigenvalue weighted by Crippen LogP contribution is 2.34. The van der Waals surface area contributed by atoms with Crippen LogP contribution in [0.25, 0.3) is 49.9 Å². The Hall–Kier alpha value is -4.89. The third-order valence-corrected chi connectivity index (χ3v) is 7.53. The number of rotatable bonds is 8. The van der Waals surface area contributed by atoms with Crippen LogP contribution in [0.3, 0.4) is 0 Å². The van der Waals surface area contributed by atoms with E-state index in [9.17, 15) is 4.39 Å². The largest absolute Gasteiger partial charge is 0.358 e. The van der Waals surface area contributed by atoms with Crippen LogP contribution in [0, 0.1) is 18.7 Å². The predicted molar refractivity (Wildman–Crippen MR) is 184 cm³/mol. The molecule has 0 atom stereocenters. The first-order valence-corrected chi connectivity index (χ1v) is 15.2. The average molecular weight is 605 g/mol. The van der Waals surface area contributed by atoms with Gasteiger partial charge in [-0.2, -0.15) is 5.10 Å². The van der Waals surface area contributed by atoms with Crippen LogP contribution in [-0.4, -0.2) is 63.4 Å². The standard InChI is InChI=1S/C31H28FN7.C5H13N/c1-17(2)19(4)36-23-10-20(5-6-33-13-23)27-12-25-30(16-35-27)38-39-31(25)28-11-24-26(14-34-15-29(24)37-28)21-7-18(3)8-22(32)9-21;1-4-5-6(2)3/h5,7-17,36-37H,4,6H2,1-3H3,(H,38,39);4-5H2,1-3H3. The Morgan fingerprint density at radius 2 is 1.89 bits per heavy atom. The first-order chi connectivity index (χ1) is 21.6. The molecule has 0 unspecified atom stereocenters. The molecule has 0 saturated carbocycles. The lowest BCUT2D eigenvalue weighted by atomic mass is 10.0. The van der Waals surface area contributed by atoms with Crippen LogP contribution in [0.15, 0.2) is 84.0 Å². The number of H-pyrrole nitrogens is 2. The number of pyridine rings is 2. The zero-order chi connectivity index (χ0) is 32.1. The number of benzene rings is 1. The van der Waals surface area contributed by atoms with Crippen LogP contribution in [0.5, 0.6) is 0 Å². The first-order valence-electron chi connectivity index (χ1n) is 15.2. The fraction of sp³-hybridized carbons (Fsp3) is 0.278. The minimum atomic E-state index is -0.268. The van der Waals surface area contributed by atoms with E-state index < -0.39 is 0 Å². The molecule has 0 spiro atoms. The maximum atomic E-state index is 14.2. The average Bonchev–Trinajstić information content (AvgIpc) is 3.54. The molecule has 1 aliphatic heterocycles. The Morgan fingerprint density at radius 3 is 2.60 bits per heavy atom. The lowest BCUT2D eigenvalue weighted by molar-refractivity contribution is 0.408. The monoisotopic (exact) mass is 604 g/mol. The van der Waals surface area contributed by atoms with Gasteiger partial charge in [0, 0.05) is 40.0 Å². The van der Waals surface area contributed by atoms with E-state index in [2.05, 4.69) is 82.9 Å². The highest BCUT2D eigenvalue weighted by molar-refractivity contribution is 6.01. The molecule has 45 heavy (non-hydrogen) atoms. The van der Waals surface area contributed by atoms with Gasteiger partial charge in [-0.3, -0.25) is 20.1 Å². The van der Waals surface area contributed by atoms with Crippen LogP contribution in [0.4, 0.5) is 4.39 Å². The van der Waals surface area contributed by atoms with E-state index in [-0.39, 0.29) is 5.82 Å². The fourth-order valence-electron chi connectivity index (χ4n) is 5.17. The van der Waals surface area contributed by atoms with E-state index in [0.29, 0.717) is 12.5 Å². The second-order valence-electron chi connectivity index (χ2n) is 11.9. The van der Waals surface area contributed by atoms with Gasteiger partial charge in [0.05, 0.1) is 47.1 Å². The topological polar surface area (TPSA) is 97.9 Å².